The van der Waals surface area contributed by atoms with E-state index in [9.17, 15) is 8.78 Å². The largest absolute Gasteiger partial charge is 0.433 e. The van der Waals surface area contributed by atoms with E-state index in [-0.39, 0.29) is 16.5 Å². The molecule has 0 unspecified atom stereocenters. The summed E-state index contributed by atoms with van der Waals surface area (Å²) in [4.78, 5) is 0. The van der Waals surface area contributed by atoms with Gasteiger partial charge in [0.15, 0.2) is 10.9 Å². The molecule has 2 aromatic carbocycles. The summed E-state index contributed by atoms with van der Waals surface area (Å²) < 4.78 is 31.1. The summed E-state index contributed by atoms with van der Waals surface area (Å²) in [7, 11) is 0. The molecule has 0 saturated carbocycles. The number of anilines is 2. The summed E-state index contributed by atoms with van der Waals surface area (Å²) >= 11 is 23.5. The highest BCUT2D eigenvalue weighted by molar-refractivity contribution is 7.80. The first kappa shape index (κ1) is 21.6. The highest BCUT2D eigenvalue weighted by Crippen LogP contribution is 2.27. The van der Waals surface area contributed by atoms with Gasteiger partial charge in [0.2, 0.25) is 0 Å². The number of para-hydroxylation sites is 2. The van der Waals surface area contributed by atoms with Crippen molar-refractivity contribution in [1.29, 1.82) is 0 Å². The van der Waals surface area contributed by atoms with Crippen LogP contribution in [0, 0.1) is 0 Å². The minimum Gasteiger partial charge on any atom is -0.433 e. The lowest BCUT2D eigenvalue weighted by molar-refractivity contribution is -0.0493. The zero-order chi connectivity index (χ0) is 21.0. The first-order valence-corrected chi connectivity index (χ1v) is 9.65. The van der Waals surface area contributed by atoms with Gasteiger partial charge in [0.25, 0.3) is 0 Å². The van der Waals surface area contributed by atoms with Gasteiger partial charge in [-0.1, -0.05) is 53.0 Å². The minimum absolute atomic E-state index is 0.0411. The minimum atomic E-state index is -2.95. The first-order valence-electron chi connectivity index (χ1n) is 8.10. The number of hydrogen-bond acceptors (Lipinski definition) is 3. The molecule has 1 aromatic heterocycles. The molecular formula is C18H13Cl3F2N4OS. The van der Waals surface area contributed by atoms with Gasteiger partial charge in [-0.2, -0.15) is 13.9 Å². The number of nitrogens with one attached hydrogen (secondary N) is 2. The Morgan fingerprint density at radius 2 is 1.86 bits per heavy atom. The van der Waals surface area contributed by atoms with E-state index in [1.54, 1.807) is 47.3 Å². The van der Waals surface area contributed by atoms with Crippen molar-refractivity contribution in [2.45, 2.75) is 13.2 Å². The van der Waals surface area contributed by atoms with Crippen LogP contribution in [0.15, 0.2) is 48.7 Å². The molecule has 152 valence electrons. The Labute approximate surface area is 185 Å². The van der Waals surface area contributed by atoms with E-state index in [1.807, 2.05) is 0 Å². The summed E-state index contributed by atoms with van der Waals surface area (Å²) in [6.07, 6.45) is 1.60. The Hall–Kier alpha value is -2.13. The van der Waals surface area contributed by atoms with Crippen molar-refractivity contribution < 1.29 is 13.5 Å². The Bertz CT molecular complexity index is 1030. The molecule has 0 amide bonds. The van der Waals surface area contributed by atoms with Crippen LogP contribution in [0.3, 0.4) is 0 Å². The van der Waals surface area contributed by atoms with Crippen LogP contribution in [0.4, 0.5) is 20.3 Å². The second kappa shape index (κ2) is 9.58. The van der Waals surface area contributed by atoms with Gasteiger partial charge < -0.3 is 15.4 Å². The predicted molar refractivity (Wildman–Crippen MR) is 116 cm³/mol. The third-order valence-corrected chi connectivity index (χ3v) is 4.72. The molecule has 0 atom stereocenters. The van der Waals surface area contributed by atoms with E-state index in [2.05, 4.69) is 20.5 Å². The standard InChI is InChI=1S/C18H13Cl3F2N4OS/c19-11-6-5-10(12(20)7-11)8-27-9-13(21)16(26-27)25-18(29)24-14-3-1-2-4-15(14)28-17(22)23/h1-7,9,17H,8H2,(H2,24,25,26,29). The Kier molecular flexibility index (Phi) is 7.13. The molecule has 11 heteroatoms. The number of alkyl halides is 2. The predicted octanol–water partition coefficient (Wildman–Crippen LogP) is 6.30. The lowest BCUT2D eigenvalue weighted by atomic mass is 10.2. The smallest absolute Gasteiger partial charge is 0.387 e. The van der Waals surface area contributed by atoms with E-state index in [0.29, 0.717) is 27.4 Å². The maximum atomic E-state index is 12.5. The molecule has 0 radical (unpaired) electrons. The number of halogens is 5. The van der Waals surface area contributed by atoms with Gasteiger partial charge in [-0.3, -0.25) is 4.68 Å². The lowest BCUT2D eigenvalue weighted by Crippen LogP contribution is -2.20. The zero-order valence-corrected chi connectivity index (χ0v) is 17.6. The van der Waals surface area contributed by atoms with Crippen LogP contribution in [-0.4, -0.2) is 21.5 Å². The highest BCUT2D eigenvalue weighted by atomic mass is 35.5. The van der Waals surface area contributed by atoms with Crippen molar-refractivity contribution >= 4 is 63.6 Å². The van der Waals surface area contributed by atoms with E-state index in [4.69, 9.17) is 47.0 Å². The molecule has 0 saturated heterocycles. The number of hydrogen-bond donors (Lipinski definition) is 2. The maximum Gasteiger partial charge on any atom is 0.387 e. The van der Waals surface area contributed by atoms with Gasteiger partial charge in [0.1, 0.15) is 10.8 Å². The van der Waals surface area contributed by atoms with Crippen molar-refractivity contribution in [3.05, 3.63) is 69.3 Å². The van der Waals surface area contributed by atoms with E-state index in [0.717, 1.165) is 5.56 Å². The summed E-state index contributed by atoms with van der Waals surface area (Å²) in [6.45, 7) is -2.59. The van der Waals surface area contributed by atoms with Crippen molar-refractivity contribution in [3.8, 4) is 5.75 Å². The fourth-order valence-corrected chi connectivity index (χ4v) is 3.29. The third-order valence-electron chi connectivity index (χ3n) is 3.65. The van der Waals surface area contributed by atoms with Gasteiger partial charge in [-0.25, -0.2) is 0 Å². The third kappa shape index (κ3) is 5.93. The number of rotatable bonds is 6. The van der Waals surface area contributed by atoms with Crippen LogP contribution >= 0.6 is 47.0 Å². The Morgan fingerprint density at radius 3 is 2.59 bits per heavy atom. The number of ether oxygens (including phenoxy) is 1. The second-order valence-electron chi connectivity index (χ2n) is 5.71. The van der Waals surface area contributed by atoms with Gasteiger partial charge in [0, 0.05) is 16.2 Å². The van der Waals surface area contributed by atoms with Crippen LogP contribution in [0.25, 0.3) is 0 Å². The normalized spacial score (nSPS) is 10.8. The van der Waals surface area contributed by atoms with Crippen LogP contribution in [0.5, 0.6) is 5.75 Å². The van der Waals surface area contributed by atoms with Crippen molar-refractivity contribution in [2.24, 2.45) is 0 Å². The fourth-order valence-electron chi connectivity index (χ4n) is 2.42. The van der Waals surface area contributed by atoms with Crippen LogP contribution in [0.1, 0.15) is 5.56 Å². The molecule has 0 bridgehead atoms. The monoisotopic (exact) mass is 476 g/mol. The van der Waals surface area contributed by atoms with Crippen LogP contribution < -0.4 is 15.4 Å². The number of nitrogens with zero attached hydrogens (tertiary/aromatic N) is 2. The van der Waals surface area contributed by atoms with Gasteiger partial charge in [-0.05, 0) is 42.0 Å². The summed E-state index contributed by atoms with van der Waals surface area (Å²) in [5.41, 5.74) is 1.08. The van der Waals surface area contributed by atoms with E-state index in [1.165, 1.54) is 6.07 Å². The Balaban J connectivity index is 1.69. The van der Waals surface area contributed by atoms with Crippen LogP contribution in [0.2, 0.25) is 15.1 Å². The van der Waals surface area contributed by atoms with Crippen molar-refractivity contribution in [1.82, 2.24) is 9.78 Å². The highest BCUT2D eigenvalue weighted by Gasteiger charge is 2.13. The Morgan fingerprint density at radius 1 is 1.10 bits per heavy atom. The second-order valence-corrected chi connectivity index (χ2v) is 7.37. The summed E-state index contributed by atoms with van der Waals surface area (Å²) in [5, 5.41) is 11.4. The number of benzene rings is 2. The SMILES string of the molecule is FC(F)Oc1ccccc1NC(=S)Nc1nn(Cc2ccc(Cl)cc2Cl)cc1Cl. The number of aromatic nitrogens is 2. The van der Waals surface area contributed by atoms with E-state index < -0.39 is 6.61 Å². The number of thiocarbonyl (C=S) groups is 1. The average molecular weight is 478 g/mol. The molecule has 2 N–H and O–H groups in total. The molecule has 3 aromatic rings. The molecule has 0 aliphatic carbocycles. The van der Waals surface area contributed by atoms with Gasteiger partial charge in [0.05, 0.1) is 12.2 Å². The molecule has 1 heterocycles. The molecule has 29 heavy (non-hydrogen) atoms. The lowest BCUT2D eigenvalue weighted by Gasteiger charge is -2.13. The molecule has 0 aliphatic heterocycles. The molecule has 0 fully saturated rings. The quantitative estimate of drug-likeness (QED) is 0.408. The van der Waals surface area contributed by atoms with Gasteiger partial charge in [-0.15, -0.1) is 0 Å². The zero-order valence-electron chi connectivity index (χ0n) is 14.5. The average Bonchev–Trinajstić information content (AvgIpc) is 2.98. The molecule has 3 rings (SSSR count). The van der Waals surface area contributed by atoms with Crippen molar-refractivity contribution in [3.63, 3.8) is 0 Å². The molecule has 0 spiro atoms. The van der Waals surface area contributed by atoms with E-state index >= 15 is 0 Å². The maximum absolute atomic E-state index is 12.5. The molecule has 5 nitrogen and oxygen atoms in total. The fraction of sp³-hybridized carbons (Fsp3) is 0.111. The molecule has 0 aliphatic rings. The van der Waals surface area contributed by atoms with Gasteiger partial charge >= 0.3 is 6.61 Å². The first-order chi connectivity index (χ1) is 13.8. The topological polar surface area (TPSA) is 51.1 Å². The summed E-state index contributed by atoms with van der Waals surface area (Å²) in [5.74, 6) is 0.252. The van der Waals surface area contributed by atoms with Crippen molar-refractivity contribution in [2.75, 3.05) is 10.6 Å². The van der Waals surface area contributed by atoms with Crippen LogP contribution in [-0.2, 0) is 6.54 Å². The summed E-state index contributed by atoms with van der Waals surface area (Å²) in [6, 6.07) is 11.3. The molecular weight excluding hydrogens is 465 g/mol.